The number of esters is 1. The molecule has 0 amide bonds. The van der Waals surface area contributed by atoms with Crippen molar-refractivity contribution in [2.45, 2.75) is 6.92 Å². The Morgan fingerprint density at radius 3 is 2.62 bits per heavy atom. The lowest BCUT2D eigenvalue weighted by molar-refractivity contribution is -0.385. The Hall–Kier alpha value is -2.18. The molecule has 6 nitrogen and oxygen atoms in total. The molecule has 0 aliphatic carbocycles. The van der Waals surface area contributed by atoms with E-state index < -0.39 is 10.9 Å². The first-order valence-electron chi connectivity index (χ1n) is 5.66. The van der Waals surface area contributed by atoms with Crippen molar-refractivity contribution in [3.05, 3.63) is 61.9 Å². The third-order valence-corrected chi connectivity index (χ3v) is 3.29. The maximum Gasteiger partial charge on any atom is 0.345 e. The van der Waals surface area contributed by atoms with Crippen LogP contribution in [0.5, 0.6) is 5.75 Å². The van der Waals surface area contributed by atoms with Crippen LogP contribution in [-0.4, -0.2) is 15.9 Å². The molecule has 2 rings (SSSR count). The number of hydrogen-bond donors (Lipinski definition) is 0. The van der Waals surface area contributed by atoms with Gasteiger partial charge in [0.15, 0.2) is 0 Å². The van der Waals surface area contributed by atoms with Gasteiger partial charge in [-0.15, -0.1) is 0 Å². The monoisotopic (exact) mass is 326 g/mol. The van der Waals surface area contributed by atoms with Crippen molar-refractivity contribution in [3.8, 4) is 5.75 Å². The molecule has 1 heterocycles. The molecule has 0 aliphatic rings. The fourth-order valence-electron chi connectivity index (χ4n) is 1.60. The molecule has 1 aromatic carbocycles. The Labute approximate surface area is 129 Å². The van der Waals surface area contributed by atoms with Gasteiger partial charge in [0.1, 0.15) is 10.9 Å². The standard InChI is InChI=1S/C13H8Cl2N2O4/c1-7-4-9(2-3-11(7)17(19)20)21-13(18)8-5-10(14)12(15)16-6-8/h2-6H,1H3. The number of aryl methyl sites for hydroxylation is 1. The molecule has 0 unspecified atom stereocenters. The van der Waals surface area contributed by atoms with Crippen LogP contribution in [0.25, 0.3) is 0 Å². The van der Waals surface area contributed by atoms with Crippen molar-refractivity contribution in [1.29, 1.82) is 0 Å². The zero-order valence-corrected chi connectivity index (χ0v) is 12.2. The minimum atomic E-state index is -0.686. The molecule has 0 bridgehead atoms. The van der Waals surface area contributed by atoms with Gasteiger partial charge >= 0.3 is 5.97 Å². The van der Waals surface area contributed by atoms with Crippen LogP contribution in [0.3, 0.4) is 0 Å². The van der Waals surface area contributed by atoms with Crippen LogP contribution in [0.15, 0.2) is 30.5 Å². The van der Waals surface area contributed by atoms with Crippen LogP contribution in [0.1, 0.15) is 15.9 Å². The molecule has 1 aromatic heterocycles. The van der Waals surface area contributed by atoms with E-state index >= 15 is 0 Å². The number of benzene rings is 1. The molecular formula is C13H8Cl2N2O4. The van der Waals surface area contributed by atoms with Crippen molar-refractivity contribution in [2.24, 2.45) is 0 Å². The van der Waals surface area contributed by atoms with Gasteiger partial charge in [-0.25, -0.2) is 9.78 Å². The molecule has 0 saturated carbocycles. The summed E-state index contributed by atoms with van der Waals surface area (Å²) >= 11 is 11.4. The van der Waals surface area contributed by atoms with E-state index in [-0.39, 0.29) is 27.2 Å². The quantitative estimate of drug-likeness (QED) is 0.281. The topological polar surface area (TPSA) is 82.3 Å². The zero-order chi connectivity index (χ0) is 15.6. The van der Waals surface area contributed by atoms with Crippen molar-refractivity contribution in [1.82, 2.24) is 4.98 Å². The highest BCUT2D eigenvalue weighted by Gasteiger charge is 2.15. The maximum atomic E-state index is 11.9. The van der Waals surface area contributed by atoms with Crippen LogP contribution in [0, 0.1) is 17.0 Å². The molecule has 0 N–H and O–H groups in total. The van der Waals surface area contributed by atoms with Gasteiger partial charge in [-0.2, -0.15) is 0 Å². The first-order chi connectivity index (χ1) is 9.88. The van der Waals surface area contributed by atoms with Crippen molar-refractivity contribution in [3.63, 3.8) is 0 Å². The summed E-state index contributed by atoms with van der Waals surface area (Å²) in [6.45, 7) is 1.55. The van der Waals surface area contributed by atoms with Crippen LogP contribution in [-0.2, 0) is 0 Å². The predicted molar refractivity (Wildman–Crippen MR) is 77.0 cm³/mol. The van der Waals surface area contributed by atoms with E-state index in [4.69, 9.17) is 27.9 Å². The Morgan fingerprint density at radius 2 is 2.05 bits per heavy atom. The smallest absolute Gasteiger partial charge is 0.345 e. The molecule has 0 atom stereocenters. The highest BCUT2D eigenvalue weighted by atomic mass is 35.5. The van der Waals surface area contributed by atoms with E-state index in [1.54, 1.807) is 6.92 Å². The van der Waals surface area contributed by atoms with Crippen LogP contribution < -0.4 is 4.74 Å². The fourth-order valence-corrected chi connectivity index (χ4v) is 1.86. The number of nitro groups is 1. The van der Waals surface area contributed by atoms with Crippen molar-refractivity contribution >= 4 is 34.9 Å². The fraction of sp³-hybridized carbons (Fsp3) is 0.0769. The molecule has 108 valence electrons. The summed E-state index contributed by atoms with van der Waals surface area (Å²) < 4.78 is 5.11. The van der Waals surface area contributed by atoms with Crippen LogP contribution in [0.4, 0.5) is 5.69 Å². The Morgan fingerprint density at radius 1 is 1.33 bits per heavy atom. The van der Waals surface area contributed by atoms with Gasteiger partial charge in [0.2, 0.25) is 0 Å². The average Bonchev–Trinajstić information content (AvgIpc) is 2.41. The maximum absolute atomic E-state index is 11.9. The Balaban J connectivity index is 2.21. The molecule has 0 spiro atoms. The molecular weight excluding hydrogens is 319 g/mol. The summed E-state index contributed by atoms with van der Waals surface area (Å²) in [5, 5.41) is 10.9. The molecule has 0 fully saturated rings. The predicted octanol–water partition coefficient (Wildman–Crippen LogP) is 3.82. The third-order valence-electron chi connectivity index (χ3n) is 2.61. The number of halogens is 2. The summed E-state index contributed by atoms with van der Waals surface area (Å²) in [4.78, 5) is 25.8. The highest BCUT2D eigenvalue weighted by Crippen LogP contribution is 2.24. The lowest BCUT2D eigenvalue weighted by Gasteiger charge is -2.06. The van der Waals surface area contributed by atoms with E-state index in [1.165, 1.54) is 30.5 Å². The van der Waals surface area contributed by atoms with E-state index in [0.29, 0.717) is 5.56 Å². The molecule has 2 aromatic rings. The van der Waals surface area contributed by atoms with E-state index in [0.717, 1.165) is 0 Å². The average molecular weight is 327 g/mol. The van der Waals surface area contributed by atoms with Crippen molar-refractivity contribution in [2.75, 3.05) is 0 Å². The first kappa shape index (κ1) is 15.2. The number of aromatic nitrogens is 1. The Bertz CT molecular complexity index is 734. The van der Waals surface area contributed by atoms with Gasteiger partial charge in [-0.3, -0.25) is 10.1 Å². The summed E-state index contributed by atoms with van der Waals surface area (Å²) in [6, 6.07) is 5.34. The molecule has 0 saturated heterocycles. The van der Waals surface area contributed by atoms with Gasteiger partial charge in [-0.1, -0.05) is 23.2 Å². The van der Waals surface area contributed by atoms with Crippen LogP contribution >= 0.6 is 23.2 Å². The first-order valence-corrected chi connectivity index (χ1v) is 6.42. The summed E-state index contributed by atoms with van der Waals surface area (Å²) in [5.41, 5.74) is 0.462. The van der Waals surface area contributed by atoms with E-state index in [2.05, 4.69) is 4.98 Å². The number of pyridine rings is 1. The lowest BCUT2D eigenvalue weighted by Crippen LogP contribution is -2.09. The largest absolute Gasteiger partial charge is 0.423 e. The van der Waals surface area contributed by atoms with Gasteiger partial charge in [-0.05, 0) is 25.1 Å². The normalized spacial score (nSPS) is 10.2. The summed E-state index contributed by atoms with van der Waals surface area (Å²) in [7, 11) is 0. The second-order valence-electron chi connectivity index (χ2n) is 4.09. The SMILES string of the molecule is Cc1cc(OC(=O)c2cnc(Cl)c(Cl)c2)ccc1[N+](=O)[O-]. The number of hydrogen-bond acceptors (Lipinski definition) is 5. The molecule has 21 heavy (non-hydrogen) atoms. The number of nitro benzene ring substituents is 1. The summed E-state index contributed by atoms with van der Waals surface area (Å²) in [6.07, 6.45) is 1.23. The summed E-state index contributed by atoms with van der Waals surface area (Å²) in [5.74, 6) is -0.497. The number of nitrogens with zero attached hydrogens (tertiary/aromatic N) is 2. The zero-order valence-electron chi connectivity index (χ0n) is 10.7. The molecule has 8 heteroatoms. The molecule has 0 aliphatic heterocycles. The van der Waals surface area contributed by atoms with Gasteiger partial charge in [0.25, 0.3) is 5.69 Å². The number of carbonyl (C=O) groups excluding carboxylic acids is 1. The second-order valence-corrected chi connectivity index (χ2v) is 4.86. The number of rotatable bonds is 3. The third kappa shape index (κ3) is 3.48. The van der Waals surface area contributed by atoms with E-state index in [9.17, 15) is 14.9 Å². The van der Waals surface area contributed by atoms with Gasteiger partial charge in [0.05, 0.1) is 15.5 Å². The lowest BCUT2D eigenvalue weighted by atomic mass is 10.2. The number of ether oxygens (including phenoxy) is 1. The molecule has 0 radical (unpaired) electrons. The van der Waals surface area contributed by atoms with Crippen LogP contribution in [0.2, 0.25) is 10.2 Å². The second kappa shape index (κ2) is 6.07. The van der Waals surface area contributed by atoms with Crippen molar-refractivity contribution < 1.29 is 14.5 Å². The minimum Gasteiger partial charge on any atom is -0.423 e. The van der Waals surface area contributed by atoms with Gasteiger partial charge in [0, 0.05) is 17.8 Å². The Kier molecular flexibility index (Phi) is 4.40. The van der Waals surface area contributed by atoms with Gasteiger partial charge < -0.3 is 4.74 Å². The minimum absolute atomic E-state index is 0.0500. The highest BCUT2D eigenvalue weighted by molar-refractivity contribution is 6.41. The number of carbonyl (C=O) groups is 1. The van der Waals surface area contributed by atoms with E-state index in [1.807, 2.05) is 0 Å².